The Morgan fingerprint density at radius 2 is 2.26 bits per heavy atom. The van der Waals surface area contributed by atoms with Crippen LogP contribution in [0.4, 0.5) is 5.69 Å². The minimum atomic E-state index is 0.0579. The SMILES string of the molecule is Nc1c(Br)cccc1C(=O)N1CCC2(CCNC2)C1. The highest BCUT2D eigenvalue weighted by molar-refractivity contribution is 9.10. The summed E-state index contributed by atoms with van der Waals surface area (Å²) in [5.74, 6) is 0.0579. The van der Waals surface area contributed by atoms with Crippen LogP contribution in [0.1, 0.15) is 23.2 Å². The van der Waals surface area contributed by atoms with Crippen molar-refractivity contribution in [1.82, 2.24) is 10.2 Å². The van der Waals surface area contributed by atoms with Crippen LogP contribution in [-0.2, 0) is 0 Å². The molecule has 19 heavy (non-hydrogen) atoms. The van der Waals surface area contributed by atoms with Gasteiger partial charge in [-0.3, -0.25) is 4.79 Å². The third-order valence-corrected chi connectivity index (χ3v) is 5.03. The van der Waals surface area contributed by atoms with E-state index < -0.39 is 0 Å². The molecule has 0 saturated carbocycles. The van der Waals surface area contributed by atoms with E-state index in [9.17, 15) is 4.79 Å². The molecular formula is C14H18BrN3O. The molecule has 2 aliphatic heterocycles. The van der Waals surface area contributed by atoms with Gasteiger partial charge in [-0.05, 0) is 47.4 Å². The molecule has 3 rings (SSSR count). The fourth-order valence-corrected chi connectivity index (χ4v) is 3.51. The predicted octanol–water partition coefficient (Wildman–Crippen LogP) is 1.86. The van der Waals surface area contributed by atoms with E-state index in [0.29, 0.717) is 16.7 Å². The van der Waals surface area contributed by atoms with Crippen molar-refractivity contribution in [3.05, 3.63) is 28.2 Å². The smallest absolute Gasteiger partial charge is 0.256 e. The highest BCUT2D eigenvalue weighted by Gasteiger charge is 2.42. The summed E-state index contributed by atoms with van der Waals surface area (Å²) in [6.45, 7) is 3.79. The lowest BCUT2D eigenvalue weighted by Gasteiger charge is -2.23. The monoisotopic (exact) mass is 323 g/mol. The van der Waals surface area contributed by atoms with Gasteiger partial charge >= 0.3 is 0 Å². The zero-order valence-electron chi connectivity index (χ0n) is 10.8. The molecule has 102 valence electrons. The summed E-state index contributed by atoms with van der Waals surface area (Å²) in [5.41, 5.74) is 7.44. The normalized spacial score (nSPS) is 26.3. The van der Waals surface area contributed by atoms with Gasteiger partial charge in [0.1, 0.15) is 0 Å². The molecule has 2 heterocycles. The maximum atomic E-state index is 12.6. The van der Waals surface area contributed by atoms with Crippen LogP contribution < -0.4 is 11.1 Å². The van der Waals surface area contributed by atoms with E-state index >= 15 is 0 Å². The van der Waals surface area contributed by atoms with Crippen molar-refractivity contribution in [3.63, 3.8) is 0 Å². The number of nitrogens with two attached hydrogens (primary N) is 1. The summed E-state index contributed by atoms with van der Waals surface area (Å²) >= 11 is 3.38. The van der Waals surface area contributed by atoms with Gasteiger partial charge in [-0.2, -0.15) is 0 Å². The molecule has 0 radical (unpaired) electrons. The van der Waals surface area contributed by atoms with Crippen molar-refractivity contribution in [2.24, 2.45) is 5.41 Å². The van der Waals surface area contributed by atoms with E-state index in [1.54, 1.807) is 6.07 Å². The number of benzene rings is 1. The Bertz CT molecular complexity index is 511. The van der Waals surface area contributed by atoms with Crippen LogP contribution in [0.15, 0.2) is 22.7 Å². The summed E-state index contributed by atoms with van der Waals surface area (Å²) in [4.78, 5) is 14.5. The number of carbonyl (C=O) groups is 1. The van der Waals surface area contributed by atoms with Crippen LogP contribution >= 0.6 is 15.9 Å². The first-order valence-electron chi connectivity index (χ1n) is 6.65. The van der Waals surface area contributed by atoms with Crippen LogP contribution in [0, 0.1) is 5.41 Å². The third kappa shape index (κ3) is 2.25. The number of carbonyl (C=O) groups excluding carboxylic acids is 1. The van der Waals surface area contributed by atoms with Gasteiger partial charge in [0.2, 0.25) is 0 Å². The van der Waals surface area contributed by atoms with Crippen molar-refractivity contribution in [3.8, 4) is 0 Å². The number of halogens is 1. The van der Waals surface area contributed by atoms with Crippen LogP contribution in [0.3, 0.4) is 0 Å². The molecule has 1 atom stereocenters. The molecule has 3 N–H and O–H groups in total. The summed E-state index contributed by atoms with van der Waals surface area (Å²) in [6.07, 6.45) is 2.27. The Balaban J connectivity index is 1.80. The molecule has 0 bridgehead atoms. The summed E-state index contributed by atoms with van der Waals surface area (Å²) in [5, 5.41) is 3.40. The van der Waals surface area contributed by atoms with E-state index in [0.717, 1.165) is 37.1 Å². The number of anilines is 1. The summed E-state index contributed by atoms with van der Waals surface area (Å²) < 4.78 is 0.787. The highest BCUT2D eigenvalue weighted by Crippen LogP contribution is 2.37. The zero-order valence-corrected chi connectivity index (χ0v) is 12.4. The quantitative estimate of drug-likeness (QED) is 0.775. The minimum absolute atomic E-state index is 0.0579. The molecule has 1 unspecified atom stereocenters. The van der Waals surface area contributed by atoms with E-state index in [1.807, 2.05) is 17.0 Å². The lowest BCUT2D eigenvalue weighted by Crippen LogP contribution is -2.33. The van der Waals surface area contributed by atoms with Gasteiger partial charge in [0.05, 0.1) is 11.3 Å². The molecular weight excluding hydrogens is 306 g/mol. The van der Waals surface area contributed by atoms with Gasteiger partial charge < -0.3 is 16.0 Å². The second-order valence-electron chi connectivity index (χ2n) is 5.60. The number of nitrogen functional groups attached to an aromatic ring is 1. The molecule has 1 amide bonds. The number of likely N-dealkylation sites (tertiary alicyclic amines) is 1. The molecule has 1 aromatic carbocycles. The number of hydrogen-bond donors (Lipinski definition) is 2. The first kappa shape index (κ1) is 12.9. The van der Waals surface area contributed by atoms with Crippen molar-refractivity contribution in [1.29, 1.82) is 0 Å². The van der Waals surface area contributed by atoms with Gasteiger partial charge in [0.25, 0.3) is 5.91 Å². The van der Waals surface area contributed by atoms with Gasteiger partial charge in [0, 0.05) is 29.5 Å². The Hall–Kier alpha value is -1.07. The van der Waals surface area contributed by atoms with E-state index in [4.69, 9.17) is 5.73 Å². The molecule has 4 nitrogen and oxygen atoms in total. The van der Waals surface area contributed by atoms with Gasteiger partial charge in [-0.1, -0.05) is 6.07 Å². The molecule has 1 spiro atoms. The average Bonchev–Trinajstić information content (AvgIpc) is 3.03. The highest BCUT2D eigenvalue weighted by atomic mass is 79.9. The first-order chi connectivity index (χ1) is 9.11. The minimum Gasteiger partial charge on any atom is -0.397 e. The number of rotatable bonds is 1. The van der Waals surface area contributed by atoms with E-state index in [1.165, 1.54) is 6.42 Å². The maximum absolute atomic E-state index is 12.6. The van der Waals surface area contributed by atoms with Crippen molar-refractivity contribution in [2.75, 3.05) is 31.9 Å². The summed E-state index contributed by atoms with van der Waals surface area (Å²) in [6, 6.07) is 5.52. The molecule has 2 fully saturated rings. The van der Waals surface area contributed by atoms with Crippen molar-refractivity contribution < 1.29 is 4.79 Å². The number of nitrogens with one attached hydrogen (secondary N) is 1. The van der Waals surface area contributed by atoms with Crippen molar-refractivity contribution >= 4 is 27.5 Å². The maximum Gasteiger partial charge on any atom is 0.256 e. The largest absolute Gasteiger partial charge is 0.397 e. The number of para-hydroxylation sites is 1. The Morgan fingerprint density at radius 3 is 3.00 bits per heavy atom. The Morgan fingerprint density at radius 1 is 1.42 bits per heavy atom. The Kier molecular flexibility index (Phi) is 3.27. The van der Waals surface area contributed by atoms with Gasteiger partial charge in [-0.15, -0.1) is 0 Å². The standard InChI is InChI=1S/C14H18BrN3O/c15-11-3-1-2-10(12(11)16)13(19)18-7-5-14(9-18)4-6-17-8-14/h1-3,17H,4-9,16H2. The number of hydrogen-bond acceptors (Lipinski definition) is 3. The molecule has 2 aliphatic rings. The second-order valence-corrected chi connectivity index (χ2v) is 6.46. The van der Waals surface area contributed by atoms with Crippen LogP contribution in [0.2, 0.25) is 0 Å². The summed E-state index contributed by atoms with van der Waals surface area (Å²) in [7, 11) is 0. The lowest BCUT2D eigenvalue weighted by molar-refractivity contribution is 0.0776. The Labute approximate surface area is 121 Å². The van der Waals surface area contributed by atoms with Crippen LogP contribution in [0.5, 0.6) is 0 Å². The second kappa shape index (κ2) is 4.80. The van der Waals surface area contributed by atoms with Crippen molar-refractivity contribution in [2.45, 2.75) is 12.8 Å². The van der Waals surface area contributed by atoms with E-state index in [2.05, 4.69) is 21.2 Å². The fourth-order valence-electron chi connectivity index (χ4n) is 3.15. The average molecular weight is 324 g/mol. The lowest BCUT2D eigenvalue weighted by atomic mass is 9.86. The van der Waals surface area contributed by atoms with Gasteiger partial charge in [-0.25, -0.2) is 0 Å². The molecule has 5 heteroatoms. The predicted molar refractivity (Wildman–Crippen MR) is 79.0 cm³/mol. The van der Waals surface area contributed by atoms with E-state index in [-0.39, 0.29) is 5.91 Å². The first-order valence-corrected chi connectivity index (χ1v) is 7.45. The fraction of sp³-hybridized carbons (Fsp3) is 0.500. The third-order valence-electron chi connectivity index (χ3n) is 4.34. The number of nitrogens with zero attached hydrogens (tertiary/aromatic N) is 1. The topological polar surface area (TPSA) is 58.4 Å². The number of amides is 1. The van der Waals surface area contributed by atoms with Crippen LogP contribution in [0.25, 0.3) is 0 Å². The molecule has 2 saturated heterocycles. The molecule has 0 aliphatic carbocycles. The molecule has 0 aromatic heterocycles. The van der Waals surface area contributed by atoms with Gasteiger partial charge in [0.15, 0.2) is 0 Å². The van der Waals surface area contributed by atoms with Crippen LogP contribution in [-0.4, -0.2) is 37.0 Å². The molecule has 1 aromatic rings. The zero-order chi connectivity index (χ0) is 13.5.